The first-order valence-electron chi connectivity index (χ1n) is 3.20. The van der Waals surface area contributed by atoms with E-state index in [0.29, 0.717) is 6.61 Å². The van der Waals surface area contributed by atoms with E-state index in [4.69, 9.17) is 4.74 Å². The molecule has 0 unspecified atom stereocenters. The molecule has 4 nitrogen and oxygen atoms in total. The van der Waals surface area contributed by atoms with Gasteiger partial charge in [0.05, 0.1) is 12.1 Å². The Morgan fingerprint density at radius 2 is 2.60 bits per heavy atom. The molecule has 1 rings (SSSR count). The Kier molecular flexibility index (Phi) is 2.11. The molecule has 0 saturated carbocycles. The van der Waals surface area contributed by atoms with E-state index in [1.165, 1.54) is 0 Å². The van der Waals surface area contributed by atoms with Gasteiger partial charge in [-0.15, -0.1) is 0 Å². The van der Waals surface area contributed by atoms with E-state index in [0.717, 1.165) is 0 Å². The fourth-order valence-corrected chi connectivity index (χ4v) is 0.817. The summed E-state index contributed by atoms with van der Waals surface area (Å²) < 4.78 is 9.65. The topological polar surface area (TPSA) is 47.6 Å². The Labute approximate surface area is 59.5 Å². The second-order valence-corrected chi connectivity index (χ2v) is 2.29. The van der Waals surface area contributed by atoms with Crippen LogP contribution in [-0.4, -0.2) is 32.0 Å². The minimum Gasteiger partial charge on any atom is -0.447 e. The van der Waals surface area contributed by atoms with E-state index in [2.05, 4.69) is 10.1 Å². The maximum atomic E-state index is 10.5. The minimum absolute atomic E-state index is 0.0116. The summed E-state index contributed by atoms with van der Waals surface area (Å²) in [6.45, 7) is 2.30. The Morgan fingerprint density at radius 3 is 3.00 bits per heavy atom. The SMILES string of the molecule is CO[C@@H](C)[C@H]1COC(=O)N1. The van der Waals surface area contributed by atoms with Crippen LogP contribution in [0.4, 0.5) is 4.79 Å². The lowest BCUT2D eigenvalue weighted by molar-refractivity contribution is 0.0839. The van der Waals surface area contributed by atoms with Gasteiger partial charge in [-0.1, -0.05) is 0 Å². The molecule has 0 spiro atoms. The largest absolute Gasteiger partial charge is 0.447 e. The van der Waals surface area contributed by atoms with Crippen LogP contribution >= 0.6 is 0 Å². The Morgan fingerprint density at radius 1 is 1.90 bits per heavy atom. The van der Waals surface area contributed by atoms with E-state index in [1.54, 1.807) is 7.11 Å². The fourth-order valence-electron chi connectivity index (χ4n) is 0.817. The molecule has 0 aromatic heterocycles. The zero-order chi connectivity index (χ0) is 7.56. The summed E-state index contributed by atoms with van der Waals surface area (Å²) >= 11 is 0. The van der Waals surface area contributed by atoms with Gasteiger partial charge in [0.2, 0.25) is 0 Å². The first kappa shape index (κ1) is 7.34. The van der Waals surface area contributed by atoms with Gasteiger partial charge in [-0.3, -0.25) is 0 Å². The first-order chi connectivity index (χ1) is 4.74. The number of cyclic esters (lactones) is 1. The Balaban J connectivity index is 2.36. The number of nitrogens with one attached hydrogen (secondary N) is 1. The molecule has 2 atom stereocenters. The van der Waals surface area contributed by atoms with Gasteiger partial charge in [0.15, 0.2) is 0 Å². The van der Waals surface area contributed by atoms with Crippen LogP contribution in [0.25, 0.3) is 0 Å². The molecular formula is C6H11NO3. The molecule has 0 aromatic carbocycles. The highest BCUT2D eigenvalue weighted by Gasteiger charge is 2.26. The highest BCUT2D eigenvalue weighted by atomic mass is 16.6. The number of alkyl carbamates (subject to hydrolysis) is 1. The second-order valence-electron chi connectivity index (χ2n) is 2.29. The summed E-state index contributed by atoms with van der Waals surface area (Å²) in [6.07, 6.45) is -0.333. The quantitative estimate of drug-likeness (QED) is 0.600. The fraction of sp³-hybridized carbons (Fsp3) is 0.833. The van der Waals surface area contributed by atoms with E-state index in [-0.39, 0.29) is 18.2 Å². The van der Waals surface area contributed by atoms with E-state index in [1.807, 2.05) is 6.92 Å². The van der Waals surface area contributed by atoms with E-state index < -0.39 is 0 Å². The van der Waals surface area contributed by atoms with Crippen molar-refractivity contribution >= 4 is 6.09 Å². The Bertz CT molecular complexity index is 137. The Hall–Kier alpha value is -0.770. The van der Waals surface area contributed by atoms with E-state index >= 15 is 0 Å². The summed E-state index contributed by atoms with van der Waals surface area (Å²) in [5.74, 6) is 0. The second kappa shape index (κ2) is 2.88. The molecule has 1 saturated heterocycles. The van der Waals surface area contributed by atoms with Gasteiger partial charge in [-0.05, 0) is 6.92 Å². The number of carbonyl (C=O) groups excluding carboxylic acids is 1. The number of hydrogen-bond acceptors (Lipinski definition) is 3. The van der Waals surface area contributed by atoms with Crippen LogP contribution in [0.1, 0.15) is 6.92 Å². The average Bonchev–Trinajstić information content (AvgIpc) is 2.34. The standard InChI is InChI=1S/C6H11NO3/c1-4(9-2)5-3-10-6(8)7-5/h4-5H,3H2,1-2H3,(H,7,8)/t4-,5+/m0/s1. The van der Waals surface area contributed by atoms with Gasteiger partial charge >= 0.3 is 6.09 Å². The van der Waals surface area contributed by atoms with Gasteiger partial charge in [0.25, 0.3) is 0 Å². The lowest BCUT2D eigenvalue weighted by Crippen LogP contribution is -2.37. The van der Waals surface area contributed by atoms with Gasteiger partial charge in [-0.2, -0.15) is 0 Å². The number of ether oxygens (including phenoxy) is 2. The predicted octanol–water partition coefficient (Wildman–Crippen LogP) is 0.130. The lowest BCUT2D eigenvalue weighted by Gasteiger charge is -2.13. The summed E-state index contributed by atoms with van der Waals surface area (Å²) in [5, 5.41) is 2.62. The predicted molar refractivity (Wildman–Crippen MR) is 34.7 cm³/mol. The molecule has 58 valence electrons. The van der Waals surface area contributed by atoms with Crippen LogP contribution in [0.5, 0.6) is 0 Å². The van der Waals surface area contributed by atoms with Gasteiger partial charge in [-0.25, -0.2) is 4.79 Å². The molecule has 1 N–H and O–H groups in total. The molecule has 0 aromatic rings. The van der Waals surface area contributed by atoms with Crippen molar-refractivity contribution in [2.24, 2.45) is 0 Å². The molecule has 4 heteroatoms. The molecule has 1 aliphatic rings. The normalized spacial score (nSPS) is 27.4. The molecule has 10 heavy (non-hydrogen) atoms. The van der Waals surface area contributed by atoms with Crippen molar-refractivity contribution < 1.29 is 14.3 Å². The lowest BCUT2D eigenvalue weighted by atomic mass is 10.2. The smallest absolute Gasteiger partial charge is 0.407 e. The molecule has 1 amide bonds. The highest BCUT2D eigenvalue weighted by Crippen LogP contribution is 2.04. The summed E-state index contributed by atoms with van der Waals surface area (Å²) in [7, 11) is 1.61. The van der Waals surface area contributed by atoms with Gasteiger partial charge in [0, 0.05) is 7.11 Å². The molecule has 0 aliphatic carbocycles. The van der Waals surface area contributed by atoms with Crippen LogP contribution in [0.15, 0.2) is 0 Å². The number of carbonyl (C=O) groups is 1. The summed E-state index contributed by atoms with van der Waals surface area (Å²) in [6, 6.07) is 0.0116. The average molecular weight is 145 g/mol. The first-order valence-corrected chi connectivity index (χ1v) is 3.20. The molecule has 1 fully saturated rings. The highest BCUT2D eigenvalue weighted by molar-refractivity contribution is 5.69. The van der Waals surface area contributed by atoms with Crippen molar-refractivity contribution in [1.82, 2.24) is 5.32 Å². The monoisotopic (exact) mass is 145 g/mol. The van der Waals surface area contributed by atoms with Crippen molar-refractivity contribution in [3.8, 4) is 0 Å². The van der Waals surface area contributed by atoms with Crippen LogP contribution in [-0.2, 0) is 9.47 Å². The van der Waals surface area contributed by atoms with Crippen LogP contribution < -0.4 is 5.32 Å². The number of rotatable bonds is 2. The van der Waals surface area contributed by atoms with Crippen LogP contribution in [0.3, 0.4) is 0 Å². The summed E-state index contributed by atoms with van der Waals surface area (Å²) in [4.78, 5) is 10.5. The maximum absolute atomic E-state index is 10.5. The number of hydrogen-bond donors (Lipinski definition) is 1. The number of methoxy groups -OCH3 is 1. The van der Waals surface area contributed by atoms with Crippen molar-refractivity contribution in [2.75, 3.05) is 13.7 Å². The molecule has 0 radical (unpaired) electrons. The molecule has 0 bridgehead atoms. The zero-order valence-corrected chi connectivity index (χ0v) is 6.09. The zero-order valence-electron chi connectivity index (χ0n) is 6.09. The van der Waals surface area contributed by atoms with Crippen molar-refractivity contribution in [2.45, 2.75) is 19.1 Å². The van der Waals surface area contributed by atoms with Crippen LogP contribution in [0.2, 0.25) is 0 Å². The van der Waals surface area contributed by atoms with Crippen molar-refractivity contribution in [3.63, 3.8) is 0 Å². The summed E-state index contributed by atoms with van der Waals surface area (Å²) in [5.41, 5.74) is 0. The van der Waals surface area contributed by atoms with E-state index in [9.17, 15) is 4.79 Å². The van der Waals surface area contributed by atoms with Gasteiger partial charge < -0.3 is 14.8 Å². The van der Waals surface area contributed by atoms with Crippen molar-refractivity contribution in [3.05, 3.63) is 0 Å². The third kappa shape index (κ3) is 1.39. The molecule has 1 aliphatic heterocycles. The third-order valence-corrected chi connectivity index (χ3v) is 1.64. The number of amides is 1. The van der Waals surface area contributed by atoms with Crippen LogP contribution in [0, 0.1) is 0 Å². The minimum atomic E-state index is -0.353. The third-order valence-electron chi connectivity index (χ3n) is 1.64. The molecule has 1 heterocycles. The van der Waals surface area contributed by atoms with Gasteiger partial charge in [0.1, 0.15) is 6.61 Å². The van der Waals surface area contributed by atoms with Crippen molar-refractivity contribution in [1.29, 1.82) is 0 Å². The maximum Gasteiger partial charge on any atom is 0.407 e. The molecular weight excluding hydrogens is 134 g/mol.